The fourth-order valence-electron chi connectivity index (χ4n) is 2.80. The maximum absolute atomic E-state index is 12.3. The van der Waals surface area contributed by atoms with Crippen molar-refractivity contribution in [3.05, 3.63) is 51.3 Å². The zero-order valence-corrected chi connectivity index (χ0v) is 16.1. The van der Waals surface area contributed by atoms with Crippen molar-refractivity contribution in [1.29, 1.82) is 0 Å². The monoisotopic (exact) mass is 404 g/mol. The Labute approximate surface area is 156 Å². The Kier molecular flexibility index (Phi) is 5.85. The highest BCUT2D eigenvalue weighted by atomic mass is 35.5. The van der Waals surface area contributed by atoms with E-state index in [4.69, 9.17) is 23.2 Å². The Morgan fingerprint density at radius 3 is 2.54 bits per heavy atom. The van der Waals surface area contributed by atoms with E-state index >= 15 is 0 Å². The van der Waals surface area contributed by atoms with Gasteiger partial charge in [-0.1, -0.05) is 35.3 Å². The summed E-state index contributed by atoms with van der Waals surface area (Å²) in [6.07, 6.45) is 1.60. The summed E-state index contributed by atoms with van der Waals surface area (Å²) in [6, 6.07) is 9.03. The van der Waals surface area contributed by atoms with E-state index in [9.17, 15) is 8.42 Å². The van der Waals surface area contributed by atoms with Crippen molar-refractivity contribution in [2.75, 3.05) is 13.1 Å². The SMILES string of the molecule is O=S(=O)(NC1CCN(Cc2ccc(Cl)c(Cl)c2)CC1)c1cccs1. The molecule has 1 aromatic heterocycles. The number of hydrogen-bond acceptors (Lipinski definition) is 4. The van der Waals surface area contributed by atoms with Gasteiger partial charge in [-0.05, 0) is 42.0 Å². The molecule has 1 fully saturated rings. The Hall–Kier alpha value is -0.630. The minimum absolute atomic E-state index is 0.0119. The van der Waals surface area contributed by atoms with Crippen molar-refractivity contribution in [2.24, 2.45) is 0 Å². The van der Waals surface area contributed by atoms with E-state index in [0.717, 1.165) is 38.0 Å². The first-order chi connectivity index (χ1) is 11.4. The van der Waals surface area contributed by atoms with Crippen LogP contribution in [0.4, 0.5) is 0 Å². The number of thiophene rings is 1. The number of piperidine rings is 1. The number of sulfonamides is 1. The van der Waals surface area contributed by atoms with Gasteiger partial charge in [0.1, 0.15) is 4.21 Å². The number of halogens is 2. The first-order valence-electron chi connectivity index (χ1n) is 7.66. The molecule has 3 rings (SSSR count). The topological polar surface area (TPSA) is 49.4 Å². The quantitative estimate of drug-likeness (QED) is 0.818. The van der Waals surface area contributed by atoms with Crippen molar-refractivity contribution < 1.29 is 8.42 Å². The predicted octanol–water partition coefficient (Wildman–Crippen LogP) is 4.00. The van der Waals surface area contributed by atoms with Crippen LogP contribution < -0.4 is 4.72 Å². The Morgan fingerprint density at radius 1 is 1.17 bits per heavy atom. The van der Waals surface area contributed by atoms with Crippen LogP contribution in [0.2, 0.25) is 10.0 Å². The van der Waals surface area contributed by atoms with Crippen molar-refractivity contribution in [2.45, 2.75) is 29.6 Å². The van der Waals surface area contributed by atoms with Crippen LogP contribution in [0.25, 0.3) is 0 Å². The van der Waals surface area contributed by atoms with Gasteiger partial charge in [-0.15, -0.1) is 11.3 Å². The van der Waals surface area contributed by atoms with Gasteiger partial charge in [-0.2, -0.15) is 0 Å². The molecule has 1 aliphatic rings. The van der Waals surface area contributed by atoms with E-state index in [1.165, 1.54) is 11.3 Å². The molecule has 0 unspecified atom stereocenters. The van der Waals surface area contributed by atoms with E-state index < -0.39 is 10.0 Å². The molecule has 0 spiro atoms. The maximum atomic E-state index is 12.3. The third-order valence-electron chi connectivity index (χ3n) is 4.06. The van der Waals surface area contributed by atoms with Crippen molar-refractivity contribution in [1.82, 2.24) is 9.62 Å². The van der Waals surface area contributed by atoms with Crippen molar-refractivity contribution in [3.63, 3.8) is 0 Å². The summed E-state index contributed by atoms with van der Waals surface area (Å²) in [7, 11) is -3.39. The summed E-state index contributed by atoms with van der Waals surface area (Å²) in [5.41, 5.74) is 1.11. The molecule has 2 heterocycles. The molecule has 0 bridgehead atoms. The van der Waals surface area contributed by atoms with Gasteiger partial charge < -0.3 is 0 Å². The smallest absolute Gasteiger partial charge is 0.250 e. The number of benzene rings is 1. The summed E-state index contributed by atoms with van der Waals surface area (Å²) >= 11 is 13.2. The van der Waals surface area contributed by atoms with Gasteiger partial charge in [0.15, 0.2) is 0 Å². The molecule has 1 N–H and O–H groups in total. The van der Waals surface area contributed by atoms with Crippen LogP contribution in [0.5, 0.6) is 0 Å². The van der Waals surface area contributed by atoms with Crippen LogP contribution in [0, 0.1) is 0 Å². The van der Waals surface area contributed by atoms with Gasteiger partial charge in [-0.3, -0.25) is 4.90 Å². The van der Waals surface area contributed by atoms with Gasteiger partial charge in [0.25, 0.3) is 0 Å². The molecular formula is C16H18Cl2N2O2S2. The molecule has 0 saturated carbocycles. The fourth-order valence-corrected chi connectivity index (χ4v) is 5.43. The summed E-state index contributed by atoms with van der Waals surface area (Å²) in [5.74, 6) is 0. The van der Waals surface area contributed by atoms with E-state index in [0.29, 0.717) is 14.3 Å². The number of hydrogen-bond donors (Lipinski definition) is 1. The molecule has 4 nitrogen and oxygen atoms in total. The van der Waals surface area contributed by atoms with E-state index in [1.54, 1.807) is 23.6 Å². The first kappa shape index (κ1) is 18.2. The van der Waals surface area contributed by atoms with Gasteiger partial charge >= 0.3 is 0 Å². The van der Waals surface area contributed by atoms with Crippen LogP contribution in [-0.4, -0.2) is 32.4 Å². The average Bonchev–Trinajstić information content (AvgIpc) is 3.08. The van der Waals surface area contributed by atoms with Gasteiger partial charge in [0.05, 0.1) is 10.0 Å². The largest absolute Gasteiger partial charge is 0.299 e. The maximum Gasteiger partial charge on any atom is 0.250 e. The van der Waals surface area contributed by atoms with Gasteiger partial charge in [0.2, 0.25) is 10.0 Å². The minimum Gasteiger partial charge on any atom is -0.299 e. The lowest BCUT2D eigenvalue weighted by atomic mass is 10.1. The summed E-state index contributed by atoms with van der Waals surface area (Å²) < 4.78 is 27.7. The van der Waals surface area contributed by atoms with E-state index in [2.05, 4.69) is 9.62 Å². The highest BCUT2D eigenvalue weighted by molar-refractivity contribution is 7.91. The average molecular weight is 405 g/mol. The van der Waals surface area contributed by atoms with Crippen LogP contribution in [0.15, 0.2) is 39.9 Å². The lowest BCUT2D eigenvalue weighted by Gasteiger charge is -2.32. The third kappa shape index (κ3) is 4.50. The lowest BCUT2D eigenvalue weighted by molar-refractivity contribution is 0.200. The van der Waals surface area contributed by atoms with E-state index in [-0.39, 0.29) is 6.04 Å². The van der Waals surface area contributed by atoms with Crippen LogP contribution in [0.3, 0.4) is 0 Å². The molecule has 0 aliphatic carbocycles. The Balaban J connectivity index is 1.53. The number of rotatable bonds is 5. The van der Waals surface area contributed by atoms with E-state index in [1.807, 2.05) is 12.1 Å². The molecule has 1 saturated heterocycles. The molecule has 8 heteroatoms. The highest BCUT2D eigenvalue weighted by Gasteiger charge is 2.25. The Morgan fingerprint density at radius 2 is 1.92 bits per heavy atom. The van der Waals surface area contributed by atoms with Gasteiger partial charge in [0, 0.05) is 25.7 Å². The number of likely N-dealkylation sites (tertiary alicyclic amines) is 1. The molecule has 130 valence electrons. The zero-order valence-electron chi connectivity index (χ0n) is 12.9. The van der Waals surface area contributed by atoms with Crippen molar-refractivity contribution in [3.8, 4) is 0 Å². The molecule has 24 heavy (non-hydrogen) atoms. The predicted molar refractivity (Wildman–Crippen MR) is 99.4 cm³/mol. The normalized spacial score (nSPS) is 17.2. The fraction of sp³-hybridized carbons (Fsp3) is 0.375. The Bertz CT molecular complexity index is 786. The second kappa shape index (κ2) is 7.72. The summed E-state index contributed by atoms with van der Waals surface area (Å²) in [5, 5.41) is 2.89. The molecule has 1 aromatic carbocycles. The summed E-state index contributed by atoms with van der Waals surface area (Å²) in [6.45, 7) is 2.48. The molecule has 0 atom stereocenters. The zero-order chi connectivity index (χ0) is 17.2. The van der Waals surface area contributed by atoms with Crippen LogP contribution in [-0.2, 0) is 16.6 Å². The molecule has 1 aliphatic heterocycles. The standard InChI is InChI=1S/C16H18Cl2N2O2S2/c17-14-4-3-12(10-15(14)18)11-20-7-5-13(6-8-20)19-24(21,22)16-2-1-9-23-16/h1-4,9-10,13,19H,5-8,11H2. The number of nitrogens with one attached hydrogen (secondary N) is 1. The highest BCUT2D eigenvalue weighted by Crippen LogP contribution is 2.24. The van der Waals surface area contributed by atoms with Crippen LogP contribution >= 0.6 is 34.5 Å². The minimum atomic E-state index is -3.39. The second-order valence-corrected chi connectivity index (χ2v) is 9.56. The number of nitrogens with zero attached hydrogens (tertiary/aromatic N) is 1. The van der Waals surface area contributed by atoms with Crippen molar-refractivity contribution >= 4 is 44.6 Å². The molecule has 0 radical (unpaired) electrons. The second-order valence-electron chi connectivity index (χ2n) is 5.85. The van der Waals surface area contributed by atoms with Gasteiger partial charge in [-0.25, -0.2) is 13.1 Å². The summed E-state index contributed by atoms with van der Waals surface area (Å²) in [4.78, 5) is 2.30. The molecular weight excluding hydrogens is 387 g/mol. The first-order valence-corrected chi connectivity index (χ1v) is 10.8. The third-order valence-corrected chi connectivity index (χ3v) is 7.72. The van der Waals surface area contributed by atoms with Crippen LogP contribution in [0.1, 0.15) is 18.4 Å². The lowest BCUT2D eigenvalue weighted by Crippen LogP contribution is -2.44. The molecule has 0 amide bonds. The molecule has 2 aromatic rings.